The summed E-state index contributed by atoms with van der Waals surface area (Å²) in [6, 6.07) is 4.37. The number of unbranched alkanes of at least 4 members (excludes halogenated alkanes) is 5. The van der Waals surface area contributed by atoms with E-state index in [1.807, 2.05) is 32.0 Å². The van der Waals surface area contributed by atoms with E-state index in [0.717, 1.165) is 61.6 Å². The van der Waals surface area contributed by atoms with Crippen molar-refractivity contribution in [1.82, 2.24) is 15.5 Å². The maximum absolute atomic E-state index is 13.8. The highest BCUT2D eigenvalue weighted by Gasteiger charge is 2.35. The van der Waals surface area contributed by atoms with Gasteiger partial charge in [0.1, 0.15) is 17.7 Å². The molecule has 0 fully saturated rings. The van der Waals surface area contributed by atoms with E-state index >= 15 is 0 Å². The van der Waals surface area contributed by atoms with Gasteiger partial charge in [-0.1, -0.05) is 69.7 Å². The van der Waals surface area contributed by atoms with Crippen molar-refractivity contribution in [3.05, 3.63) is 34.9 Å². The highest BCUT2D eigenvalue weighted by Crippen LogP contribution is 2.27. The molecule has 1 rings (SSSR count). The molecule has 0 aliphatic rings. The van der Waals surface area contributed by atoms with Crippen LogP contribution >= 0.6 is 0 Å². The predicted molar refractivity (Wildman–Crippen MR) is 146 cm³/mol. The Balaban J connectivity index is 3.33. The summed E-state index contributed by atoms with van der Waals surface area (Å²) < 4.78 is 5.36. The van der Waals surface area contributed by atoms with Crippen LogP contribution in [0.4, 0.5) is 4.79 Å². The van der Waals surface area contributed by atoms with Gasteiger partial charge in [0, 0.05) is 13.1 Å². The van der Waals surface area contributed by atoms with Crippen LogP contribution in [-0.2, 0) is 14.3 Å². The Morgan fingerprint density at radius 3 is 2.22 bits per heavy atom. The third kappa shape index (κ3) is 11.0. The number of carbonyl (C=O) groups excluding carboxylic acids is 3. The first-order valence-corrected chi connectivity index (χ1v) is 13.6. The Kier molecular flexibility index (Phi) is 13.6. The van der Waals surface area contributed by atoms with E-state index in [-0.39, 0.29) is 11.8 Å². The van der Waals surface area contributed by atoms with Crippen molar-refractivity contribution in [1.29, 1.82) is 0 Å². The van der Waals surface area contributed by atoms with Gasteiger partial charge in [0.15, 0.2) is 0 Å². The normalized spacial score (nSPS) is 13.0. The van der Waals surface area contributed by atoms with Gasteiger partial charge in [0.25, 0.3) is 0 Å². The van der Waals surface area contributed by atoms with Crippen molar-refractivity contribution in [2.24, 2.45) is 0 Å². The summed E-state index contributed by atoms with van der Waals surface area (Å²) in [5.41, 5.74) is 2.12. The third-order valence-corrected chi connectivity index (χ3v) is 6.01. The molecule has 0 saturated heterocycles. The summed E-state index contributed by atoms with van der Waals surface area (Å²) in [7, 11) is 0. The first kappa shape index (κ1) is 31.5. The molecule has 36 heavy (non-hydrogen) atoms. The number of amides is 3. The van der Waals surface area contributed by atoms with Gasteiger partial charge in [-0.2, -0.15) is 0 Å². The van der Waals surface area contributed by atoms with E-state index in [4.69, 9.17) is 4.74 Å². The first-order valence-electron chi connectivity index (χ1n) is 13.6. The zero-order valence-corrected chi connectivity index (χ0v) is 23.8. The summed E-state index contributed by atoms with van der Waals surface area (Å²) in [5.74, 6) is -0.489. The van der Waals surface area contributed by atoms with Crippen LogP contribution in [0.25, 0.3) is 0 Å². The molecule has 1 aromatic carbocycles. The Bertz CT molecular complexity index is 847. The highest BCUT2D eigenvalue weighted by molar-refractivity contribution is 5.92. The van der Waals surface area contributed by atoms with Crippen molar-refractivity contribution in [3.63, 3.8) is 0 Å². The predicted octanol–water partition coefficient (Wildman–Crippen LogP) is 5.97. The van der Waals surface area contributed by atoms with Gasteiger partial charge in [-0.15, -0.1) is 0 Å². The van der Waals surface area contributed by atoms with Crippen LogP contribution in [-0.4, -0.2) is 47.5 Å². The maximum Gasteiger partial charge on any atom is 0.408 e. The van der Waals surface area contributed by atoms with E-state index < -0.39 is 23.8 Å². The van der Waals surface area contributed by atoms with Crippen LogP contribution in [0.15, 0.2) is 18.2 Å². The zero-order chi connectivity index (χ0) is 27.3. The molecule has 0 heterocycles. The van der Waals surface area contributed by atoms with E-state index in [1.165, 1.54) is 0 Å². The number of aryl methyl sites for hydroxylation is 2. The lowest BCUT2D eigenvalue weighted by atomic mass is 9.96. The van der Waals surface area contributed by atoms with Crippen LogP contribution in [0.5, 0.6) is 0 Å². The molecular weight excluding hydrogens is 454 g/mol. The standard InChI is InChI=1S/C29H49N3O4/c1-9-11-13-14-15-19-32(27(34)23(5)31-28(35)36-29(6,7)8)25(26(33)30-18-12-10-2)24-20-21(3)16-17-22(24)4/h16-17,20,23,25H,9-15,18-19H2,1-8H3,(H,30,33)(H,31,35). The molecule has 3 amide bonds. The average Bonchev–Trinajstić information content (AvgIpc) is 2.78. The molecule has 0 radical (unpaired) electrons. The molecule has 0 aliphatic carbocycles. The molecule has 0 bridgehead atoms. The number of rotatable bonds is 14. The van der Waals surface area contributed by atoms with Gasteiger partial charge in [0.05, 0.1) is 0 Å². The minimum absolute atomic E-state index is 0.191. The number of benzene rings is 1. The molecule has 1 aromatic rings. The molecular formula is C29H49N3O4. The second-order valence-electron chi connectivity index (χ2n) is 10.7. The Hall–Kier alpha value is -2.57. The van der Waals surface area contributed by atoms with E-state index in [1.54, 1.807) is 32.6 Å². The second-order valence-corrected chi connectivity index (χ2v) is 10.7. The van der Waals surface area contributed by atoms with Crippen molar-refractivity contribution in [3.8, 4) is 0 Å². The fourth-order valence-electron chi connectivity index (χ4n) is 4.04. The van der Waals surface area contributed by atoms with Crippen LogP contribution < -0.4 is 10.6 Å². The molecule has 0 aromatic heterocycles. The molecule has 204 valence electrons. The highest BCUT2D eigenvalue weighted by atomic mass is 16.6. The van der Waals surface area contributed by atoms with Crippen molar-refractivity contribution in [2.75, 3.05) is 13.1 Å². The van der Waals surface area contributed by atoms with E-state index in [2.05, 4.69) is 24.5 Å². The van der Waals surface area contributed by atoms with Crippen LogP contribution in [0.1, 0.15) is 109 Å². The maximum atomic E-state index is 13.8. The molecule has 2 N–H and O–H groups in total. The van der Waals surface area contributed by atoms with Crippen molar-refractivity contribution >= 4 is 17.9 Å². The molecule has 7 heteroatoms. The number of hydrogen-bond donors (Lipinski definition) is 2. The molecule has 7 nitrogen and oxygen atoms in total. The molecule has 2 atom stereocenters. The number of carbonyl (C=O) groups is 3. The molecule has 2 unspecified atom stereocenters. The number of nitrogens with zero attached hydrogens (tertiary/aromatic N) is 1. The van der Waals surface area contributed by atoms with Gasteiger partial charge >= 0.3 is 6.09 Å². The minimum atomic E-state index is -0.841. The smallest absolute Gasteiger partial charge is 0.408 e. The largest absolute Gasteiger partial charge is 0.444 e. The monoisotopic (exact) mass is 503 g/mol. The second kappa shape index (κ2) is 15.5. The first-order chi connectivity index (χ1) is 16.9. The summed E-state index contributed by atoms with van der Waals surface area (Å²) in [4.78, 5) is 41.4. The quantitative estimate of drug-likeness (QED) is 0.306. The van der Waals surface area contributed by atoms with Crippen LogP contribution in [0.2, 0.25) is 0 Å². The van der Waals surface area contributed by atoms with Gasteiger partial charge in [-0.05, 0) is 65.5 Å². The lowest BCUT2D eigenvalue weighted by molar-refractivity contribution is -0.142. The summed E-state index contributed by atoms with van der Waals surface area (Å²) in [5, 5.41) is 5.71. The number of nitrogens with one attached hydrogen (secondary N) is 2. The minimum Gasteiger partial charge on any atom is -0.444 e. The van der Waals surface area contributed by atoms with E-state index in [0.29, 0.717) is 13.1 Å². The molecule has 0 saturated carbocycles. The Labute approximate surface area is 218 Å². The average molecular weight is 504 g/mol. The fraction of sp³-hybridized carbons (Fsp3) is 0.690. The summed E-state index contributed by atoms with van der Waals surface area (Å²) >= 11 is 0. The zero-order valence-electron chi connectivity index (χ0n) is 23.8. The van der Waals surface area contributed by atoms with E-state index in [9.17, 15) is 14.4 Å². The summed E-state index contributed by atoms with van der Waals surface area (Å²) in [6.45, 7) is 16.2. The molecule has 0 spiro atoms. The lowest BCUT2D eigenvalue weighted by Gasteiger charge is -2.34. The summed E-state index contributed by atoms with van der Waals surface area (Å²) in [6.07, 6.45) is 6.30. The Morgan fingerprint density at radius 1 is 0.972 bits per heavy atom. The number of hydrogen-bond acceptors (Lipinski definition) is 4. The number of alkyl carbamates (subject to hydrolysis) is 1. The lowest BCUT2D eigenvalue weighted by Crippen LogP contribution is -2.52. The van der Waals surface area contributed by atoms with Gasteiger partial charge in [0.2, 0.25) is 11.8 Å². The fourth-order valence-corrected chi connectivity index (χ4v) is 4.04. The molecule has 0 aliphatic heterocycles. The van der Waals surface area contributed by atoms with Gasteiger partial charge in [-0.3, -0.25) is 9.59 Å². The van der Waals surface area contributed by atoms with Crippen molar-refractivity contribution in [2.45, 2.75) is 118 Å². The third-order valence-electron chi connectivity index (χ3n) is 6.01. The number of ether oxygens (including phenoxy) is 1. The SMILES string of the molecule is CCCCCCCN(C(=O)C(C)NC(=O)OC(C)(C)C)C(C(=O)NCCCC)c1cc(C)ccc1C. The van der Waals surface area contributed by atoms with Gasteiger partial charge < -0.3 is 20.3 Å². The van der Waals surface area contributed by atoms with Crippen LogP contribution in [0.3, 0.4) is 0 Å². The van der Waals surface area contributed by atoms with Crippen LogP contribution in [0, 0.1) is 13.8 Å². The Morgan fingerprint density at radius 2 is 1.61 bits per heavy atom. The van der Waals surface area contributed by atoms with Crippen molar-refractivity contribution < 1.29 is 19.1 Å². The van der Waals surface area contributed by atoms with Gasteiger partial charge in [-0.25, -0.2) is 4.79 Å². The topological polar surface area (TPSA) is 87.7 Å².